The van der Waals surface area contributed by atoms with Crippen LogP contribution in [0.2, 0.25) is 5.02 Å². The molecule has 4 aromatic rings. The molecule has 2 aromatic heterocycles. The molecule has 4 rings (SSSR count). The summed E-state index contributed by atoms with van der Waals surface area (Å²) in [6, 6.07) is 12.7. The highest BCUT2D eigenvalue weighted by Crippen LogP contribution is 2.28. The Labute approximate surface area is 186 Å². The average molecular weight is 456 g/mol. The number of anilines is 1. The Morgan fingerprint density at radius 2 is 2.13 bits per heavy atom. The van der Waals surface area contributed by atoms with Crippen LogP contribution in [0.15, 0.2) is 58.6 Å². The summed E-state index contributed by atoms with van der Waals surface area (Å²) >= 11 is 7.11. The molecule has 31 heavy (non-hydrogen) atoms. The molecule has 2 N–H and O–H groups in total. The predicted octanol–water partition coefficient (Wildman–Crippen LogP) is 3.81. The number of H-pyrrole nitrogens is 1. The van der Waals surface area contributed by atoms with Gasteiger partial charge in [0.15, 0.2) is 10.8 Å². The minimum atomic E-state index is -0.316. The number of aromatic amines is 1. The number of ether oxygens (including phenoxy) is 1. The van der Waals surface area contributed by atoms with Crippen molar-refractivity contribution in [1.29, 1.82) is 0 Å². The zero-order valence-electron chi connectivity index (χ0n) is 16.7. The molecular formula is C21H18ClN5O3S. The molecule has 0 radical (unpaired) electrons. The number of fused-ring (bicyclic) bond motifs is 1. The van der Waals surface area contributed by atoms with Gasteiger partial charge in [-0.3, -0.25) is 9.59 Å². The number of halogens is 1. The molecule has 0 saturated carbocycles. The van der Waals surface area contributed by atoms with E-state index < -0.39 is 0 Å². The van der Waals surface area contributed by atoms with Crippen LogP contribution in [0, 0.1) is 6.92 Å². The van der Waals surface area contributed by atoms with Gasteiger partial charge in [-0.25, -0.2) is 9.67 Å². The number of amides is 1. The van der Waals surface area contributed by atoms with Crippen molar-refractivity contribution < 1.29 is 9.53 Å². The number of methoxy groups -OCH3 is 1. The van der Waals surface area contributed by atoms with Crippen LogP contribution in [0.5, 0.6) is 5.75 Å². The maximum absolute atomic E-state index is 12.5. The molecule has 0 unspecified atom stereocenters. The van der Waals surface area contributed by atoms with Crippen molar-refractivity contribution in [2.45, 2.75) is 12.1 Å². The quantitative estimate of drug-likeness (QED) is 0.338. The van der Waals surface area contributed by atoms with E-state index in [1.165, 1.54) is 13.3 Å². The van der Waals surface area contributed by atoms with Gasteiger partial charge in [0.25, 0.3) is 5.56 Å². The first kappa shape index (κ1) is 21.0. The summed E-state index contributed by atoms with van der Waals surface area (Å²) in [7, 11) is 1.51. The van der Waals surface area contributed by atoms with Crippen LogP contribution >= 0.6 is 23.4 Å². The van der Waals surface area contributed by atoms with Gasteiger partial charge >= 0.3 is 0 Å². The van der Waals surface area contributed by atoms with Gasteiger partial charge < -0.3 is 15.0 Å². The summed E-state index contributed by atoms with van der Waals surface area (Å²) in [6.07, 6.45) is 1.48. The lowest BCUT2D eigenvalue weighted by molar-refractivity contribution is -0.113. The predicted molar refractivity (Wildman–Crippen MR) is 122 cm³/mol. The molecule has 0 bridgehead atoms. The number of nitrogens with zero attached hydrogens (tertiary/aromatic N) is 3. The Balaban J connectivity index is 1.55. The van der Waals surface area contributed by atoms with Gasteiger partial charge in [0.05, 0.1) is 30.4 Å². The highest BCUT2D eigenvalue weighted by Gasteiger charge is 2.14. The van der Waals surface area contributed by atoms with Crippen molar-refractivity contribution in [2.24, 2.45) is 0 Å². The Kier molecular flexibility index (Phi) is 5.97. The summed E-state index contributed by atoms with van der Waals surface area (Å²) in [5, 5.41) is 8.23. The van der Waals surface area contributed by atoms with Crippen LogP contribution < -0.4 is 15.6 Å². The highest BCUT2D eigenvalue weighted by molar-refractivity contribution is 7.99. The van der Waals surface area contributed by atoms with Crippen LogP contribution in [0.4, 0.5) is 5.69 Å². The zero-order valence-corrected chi connectivity index (χ0v) is 18.3. The van der Waals surface area contributed by atoms with E-state index in [2.05, 4.69) is 20.4 Å². The standard InChI is InChI=1S/C21H18ClN5O3S/c1-12-4-3-5-14(8-12)27-19-15(10-23-27)20(29)26-21(25-19)31-11-18(28)24-16-9-13(22)6-7-17(16)30-2/h3-10H,11H2,1-2H3,(H,24,28)(H,25,26,29). The van der Waals surface area contributed by atoms with Crippen molar-refractivity contribution in [3.05, 3.63) is 69.6 Å². The molecule has 8 nitrogen and oxygen atoms in total. The van der Waals surface area contributed by atoms with Crippen LogP contribution in [0.3, 0.4) is 0 Å². The average Bonchev–Trinajstić information content (AvgIpc) is 3.17. The summed E-state index contributed by atoms with van der Waals surface area (Å²) in [4.78, 5) is 32.1. The van der Waals surface area contributed by atoms with E-state index in [0.29, 0.717) is 32.6 Å². The maximum Gasteiger partial charge on any atom is 0.262 e. The van der Waals surface area contributed by atoms with Crippen molar-refractivity contribution in [3.63, 3.8) is 0 Å². The minimum absolute atomic E-state index is 0.0305. The fourth-order valence-electron chi connectivity index (χ4n) is 3.01. The minimum Gasteiger partial charge on any atom is -0.495 e. The second-order valence-corrected chi connectivity index (χ2v) is 8.09. The summed E-state index contributed by atoms with van der Waals surface area (Å²) < 4.78 is 6.84. The number of nitrogens with one attached hydrogen (secondary N) is 2. The van der Waals surface area contributed by atoms with E-state index in [-0.39, 0.29) is 17.2 Å². The molecular weight excluding hydrogens is 438 g/mol. The van der Waals surface area contributed by atoms with Gasteiger partial charge in [0.1, 0.15) is 11.1 Å². The Morgan fingerprint density at radius 3 is 2.90 bits per heavy atom. The van der Waals surface area contributed by atoms with Gasteiger partial charge in [0, 0.05) is 5.02 Å². The first-order valence-electron chi connectivity index (χ1n) is 9.26. The van der Waals surface area contributed by atoms with Crippen LogP contribution in [0.1, 0.15) is 5.56 Å². The lowest BCUT2D eigenvalue weighted by atomic mass is 10.2. The third-order valence-electron chi connectivity index (χ3n) is 4.44. The van der Waals surface area contributed by atoms with Crippen molar-refractivity contribution in [2.75, 3.05) is 18.2 Å². The van der Waals surface area contributed by atoms with Gasteiger partial charge in [-0.1, -0.05) is 35.5 Å². The van der Waals surface area contributed by atoms with Crippen LogP contribution in [0.25, 0.3) is 16.7 Å². The number of benzene rings is 2. The monoisotopic (exact) mass is 455 g/mol. The molecule has 0 atom stereocenters. The normalized spacial score (nSPS) is 10.9. The van der Waals surface area contributed by atoms with Gasteiger partial charge in [-0.15, -0.1) is 0 Å². The van der Waals surface area contributed by atoms with E-state index in [1.54, 1.807) is 22.9 Å². The SMILES string of the molecule is COc1ccc(Cl)cc1NC(=O)CSc1nc2c(cnn2-c2cccc(C)c2)c(=O)[nH]1. The molecule has 2 aromatic carbocycles. The molecule has 0 aliphatic heterocycles. The first-order valence-corrected chi connectivity index (χ1v) is 10.6. The second-order valence-electron chi connectivity index (χ2n) is 6.69. The van der Waals surface area contributed by atoms with Crippen molar-refractivity contribution in [1.82, 2.24) is 19.7 Å². The Hall–Kier alpha value is -3.30. The number of hydrogen-bond acceptors (Lipinski definition) is 6. The second kappa shape index (κ2) is 8.83. The number of carbonyl (C=O) groups excluding carboxylic acids is 1. The van der Waals surface area contributed by atoms with Gasteiger partial charge in [-0.05, 0) is 42.8 Å². The summed E-state index contributed by atoms with van der Waals surface area (Å²) in [5.74, 6) is 0.237. The smallest absolute Gasteiger partial charge is 0.262 e. The molecule has 0 saturated heterocycles. The fraction of sp³-hybridized carbons (Fsp3) is 0.143. The van der Waals surface area contributed by atoms with E-state index >= 15 is 0 Å². The largest absolute Gasteiger partial charge is 0.495 e. The third-order valence-corrected chi connectivity index (χ3v) is 5.55. The fourth-order valence-corrected chi connectivity index (χ4v) is 3.84. The lowest BCUT2D eigenvalue weighted by Crippen LogP contribution is -2.16. The van der Waals surface area contributed by atoms with E-state index in [4.69, 9.17) is 16.3 Å². The highest BCUT2D eigenvalue weighted by atomic mass is 35.5. The van der Waals surface area contributed by atoms with Crippen molar-refractivity contribution in [3.8, 4) is 11.4 Å². The first-order chi connectivity index (χ1) is 14.9. The Morgan fingerprint density at radius 1 is 1.29 bits per heavy atom. The summed E-state index contributed by atoms with van der Waals surface area (Å²) in [5.41, 5.74) is 2.44. The van der Waals surface area contributed by atoms with E-state index in [1.807, 2.05) is 31.2 Å². The number of thioether (sulfide) groups is 1. The van der Waals surface area contributed by atoms with Gasteiger partial charge in [-0.2, -0.15) is 5.10 Å². The topological polar surface area (TPSA) is 102 Å². The molecule has 0 aliphatic carbocycles. The van der Waals surface area contributed by atoms with Crippen molar-refractivity contribution >= 4 is 46.0 Å². The zero-order chi connectivity index (χ0) is 22.0. The van der Waals surface area contributed by atoms with E-state index in [9.17, 15) is 9.59 Å². The number of rotatable bonds is 6. The molecule has 158 valence electrons. The van der Waals surface area contributed by atoms with Crippen LogP contribution in [-0.2, 0) is 4.79 Å². The molecule has 0 spiro atoms. The lowest BCUT2D eigenvalue weighted by Gasteiger charge is -2.10. The third kappa shape index (κ3) is 4.57. The molecule has 0 fully saturated rings. The molecule has 10 heteroatoms. The van der Waals surface area contributed by atoms with E-state index in [0.717, 1.165) is 23.0 Å². The van der Waals surface area contributed by atoms with Crippen LogP contribution in [-0.4, -0.2) is 38.5 Å². The van der Waals surface area contributed by atoms with Gasteiger partial charge in [0.2, 0.25) is 5.91 Å². The number of carbonyl (C=O) groups is 1. The molecule has 2 heterocycles. The number of aromatic nitrogens is 4. The summed E-state index contributed by atoms with van der Waals surface area (Å²) in [6.45, 7) is 1.98. The molecule has 1 amide bonds. The number of aryl methyl sites for hydroxylation is 1. The molecule has 0 aliphatic rings. The maximum atomic E-state index is 12.5. The Bertz CT molecular complexity index is 1330. The number of hydrogen-bond donors (Lipinski definition) is 2.